The van der Waals surface area contributed by atoms with Gasteiger partial charge in [-0.05, 0) is 6.08 Å². The highest BCUT2D eigenvalue weighted by Crippen LogP contribution is 1.93. The Bertz CT molecular complexity index is 226. The van der Waals surface area contributed by atoms with E-state index in [1.165, 1.54) is 6.08 Å². The molecule has 0 unspecified atom stereocenters. The van der Waals surface area contributed by atoms with Crippen LogP contribution in [0.4, 0.5) is 0 Å². The Morgan fingerprint density at radius 1 is 1.90 bits per heavy atom. The summed E-state index contributed by atoms with van der Waals surface area (Å²) in [5.41, 5.74) is 0.824. The van der Waals surface area contributed by atoms with E-state index in [2.05, 4.69) is 16.5 Å². The minimum absolute atomic E-state index is 0.00394. The number of rotatable bonds is 3. The molecule has 0 saturated carbocycles. The number of imidazole rings is 1. The highest BCUT2D eigenvalue weighted by Gasteiger charge is 1.97. The summed E-state index contributed by atoms with van der Waals surface area (Å²) in [4.78, 5) is 17.3. The first-order valence-electron chi connectivity index (χ1n) is 2.95. The van der Waals surface area contributed by atoms with Gasteiger partial charge in [0.25, 0.3) is 0 Å². The molecule has 1 N–H and O–H groups in total. The number of hydrogen-bond acceptors (Lipinski definition) is 2. The summed E-state index contributed by atoms with van der Waals surface area (Å²) in [5.74, 6) is 0.00394. The van der Waals surface area contributed by atoms with Gasteiger partial charge in [0.15, 0.2) is 5.78 Å². The molecule has 0 bridgehead atoms. The molecule has 3 heteroatoms. The Hall–Kier alpha value is -1.38. The molecule has 52 valence electrons. The van der Waals surface area contributed by atoms with Gasteiger partial charge in [-0.1, -0.05) is 6.58 Å². The first kappa shape index (κ1) is 6.74. The van der Waals surface area contributed by atoms with Crippen molar-refractivity contribution in [1.29, 1.82) is 0 Å². The van der Waals surface area contributed by atoms with Gasteiger partial charge in [-0.3, -0.25) is 4.79 Å². The Morgan fingerprint density at radius 3 is 3.20 bits per heavy atom. The van der Waals surface area contributed by atoms with Gasteiger partial charge in [0, 0.05) is 11.9 Å². The lowest BCUT2D eigenvalue weighted by Crippen LogP contribution is -1.97. The molecular weight excluding hydrogens is 128 g/mol. The Labute approximate surface area is 58.8 Å². The van der Waals surface area contributed by atoms with Crippen molar-refractivity contribution in [1.82, 2.24) is 9.97 Å². The molecule has 1 aromatic heterocycles. The summed E-state index contributed by atoms with van der Waals surface area (Å²) >= 11 is 0. The first-order valence-corrected chi connectivity index (χ1v) is 2.95. The monoisotopic (exact) mass is 136 g/mol. The normalized spacial score (nSPS) is 9.20. The quantitative estimate of drug-likeness (QED) is 0.622. The van der Waals surface area contributed by atoms with Crippen LogP contribution in [0.1, 0.15) is 5.69 Å². The molecule has 0 aromatic carbocycles. The molecule has 1 heterocycles. The number of aromatic nitrogens is 2. The molecular formula is C7H8N2O. The minimum atomic E-state index is 0.00394. The number of allylic oxidation sites excluding steroid dienone is 1. The van der Waals surface area contributed by atoms with E-state index in [1.807, 2.05) is 0 Å². The second-order valence-corrected chi connectivity index (χ2v) is 1.92. The lowest BCUT2D eigenvalue weighted by molar-refractivity contribution is -0.114. The molecule has 1 rings (SSSR count). The topological polar surface area (TPSA) is 45.8 Å². The van der Waals surface area contributed by atoms with Gasteiger partial charge in [-0.2, -0.15) is 0 Å². The van der Waals surface area contributed by atoms with Crippen molar-refractivity contribution >= 4 is 5.78 Å². The van der Waals surface area contributed by atoms with Gasteiger partial charge >= 0.3 is 0 Å². The maximum atomic E-state index is 10.7. The third kappa shape index (κ3) is 1.55. The fourth-order valence-corrected chi connectivity index (χ4v) is 0.641. The van der Waals surface area contributed by atoms with Gasteiger partial charge in [0.1, 0.15) is 0 Å². The zero-order valence-electron chi connectivity index (χ0n) is 5.50. The van der Waals surface area contributed by atoms with Crippen molar-refractivity contribution in [3.63, 3.8) is 0 Å². The van der Waals surface area contributed by atoms with Gasteiger partial charge in [0.2, 0.25) is 0 Å². The van der Waals surface area contributed by atoms with Crippen molar-refractivity contribution in [2.45, 2.75) is 6.42 Å². The standard InChI is InChI=1S/C7H8N2O/c1-2-7(10)3-6-4-8-5-9-6/h2,4-5H,1,3H2,(H,8,9). The Morgan fingerprint density at radius 2 is 2.70 bits per heavy atom. The van der Waals surface area contributed by atoms with E-state index >= 15 is 0 Å². The lowest BCUT2D eigenvalue weighted by atomic mass is 10.2. The van der Waals surface area contributed by atoms with Gasteiger partial charge < -0.3 is 4.98 Å². The van der Waals surface area contributed by atoms with Crippen LogP contribution in [0.5, 0.6) is 0 Å². The zero-order valence-corrected chi connectivity index (χ0v) is 5.50. The summed E-state index contributed by atoms with van der Waals surface area (Å²) in [6.45, 7) is 3.36. The van der Waals surface area contributed by atoms with E-state index in [4.69, 9.17) is 0 Å². The third-order valence-electron chi connectivity index (χ3n) is 1.15. The van der Waals surface area contributed by atoms with Crippen LogP contribution in [0.15, 0.2) is 25.2 Å². The fraction of sp³-hybridized carbons (Fsp3) is 0.143. The predicted molar refractivity (Wildman–Crippen MR) is 37.5 cm³/mol. The third-order valence-corrected chi connectivity index (χ3v) is 1.15. The van der Waals surface area contributed by atoms with Crippen LogP contribution in [-0.2, 0) is 11.2 Å². The molecule has 10 heavy (non-hydrogen) atoms. The van der Waals surface area contributed by atoms with Crippen LogP contribution >= 0.6 is 0 Å². The number of carbonyl (C=O) groups is 1. The van der Waals surface area contributed by atoms with Crippen LogP contribution in [-0.4, -0.2) is 15.8 Å². The molecule has 0 aliphatic rings. The molecule has 0 amide bonds. The number of nitrogens with zero attached hydrogens (tertiary/aromatic N) is 1. The SMILES string of the molecule is C=CC(=O)Cc1cnc[nH]1. The molecule has 0 spiro atoms. The van der Waals surface area contributed by atoms with E-state index < -0.39 is 0 Å². The molecule has 0 radical (unpaired) electrons. The van der Waals surface area contributed by atoms with Crippen LogP contribution < -0.4 is 0 Å². The number of ketones is 1. The van der Waals surface area contributed by atoms with E-state index in [-0.39, 0.29) is 5.78 Å². The molecule has 0 atom stereocenters. The van der Waals surface area contributed by atoms with Crippen LogP contribution in [0, 0.1) is 0 Å². The predicted octanol–water partition coefficient (Wildman–Crippen LogP) is 0.707. The molecule has 0 fully saturated rings. The molecule has 0 aliphatic carbocycles. The average molecular weight is 136 g/mol. The van der Waals surface area contributed by atoms with Crippen LogP contribution in [0.3, 0.4) is 0 Å². The van der Waals surface area contributed by atoms with Crippen molar-refractivity contribution in [2.75, 3.05) is 0 Å². The second kappa shape index (κ2) is 2.96. The number of nitrogens with one attached hydrogen (secondary N) is 1. The summed E-state index contributed by atoms with van der Waals surface area (Å²) in [5, 5.41) is 0. The fourth-order valence-electron chi connectivity index (χ4n) is 0.641. The maximum absolute atomic E-state index is 10.7. The minimum Gasteiger partial charge on any atom is -0.348 e. The smallest absolute Gasteiger partial charge is 0.161 e. The van der Waals surface area contributed by atoms with Crippen LogP contribution in [0.25, 0.3) is 0 Å². The summed E-state index contributed by atoms with van der Waals surface area (Å²) in [6, 6.07) is 0. The molecule has 1 aromatic rings. The lowest BCUT2D eigenvalue weighted by Gasteiger charge is -1.87. The number of carbonyl (C=O) groups excluding carboxylic acids is 1. The van der Waals surface area contributed by atoms with Gasteiger partial charge in [-0.25, -0.2) is 4.98 Å². The number of aromatic amines is 1. The maximum Gasteiger partial charge on any atom is 0.161 e. The van der Waals surface area contributed by atoms with Crippen LogP contribution in [0.2, 0.25) is 0 Å². The average Bonchev–Trinajstić information content (AvgIpc) is 2.40. The number of hydrogen-bond donors (Lipinski definition) is 1. The van der Waals surface area contributed by atoms with Crippen molar-refractivity contribution in [3.8, 4) is 0 Å². The Kier molecular flexibility index (Phi) is 1.99. The van der Waals surface area contributed by atoms with E-state index in [0.29, 0.717) is 6.42 Å². The van der Waals surface area contributed by atoms with E-state index in [1.54, 1.807) is 12.5 Å². The molecule has 0 aliphatic heterocycles. The van der Waals surface area contributed by atoms with Crippen molar-refractivity contribution in [3.05, 3.63) is 30.9 Å². The van der Waals surface area contributed by atoms with E-state index in [9.17, 15) is 4.79 Å². The first-order chi connectivity index (χ1) is 4.83. The molecule has 3 nitrogen and oxygen atoms in total. The van der Waals surface area contributed by atoms with Crippen molar-refractivity contribution in [2.24, 2.45) is 0 Å². The zero-order chi connectivity index (χ0) is 7.40. The highest BCUT2D eigenvalue weighted by atomic mass is 16.1. The second-order valence-electron chi connectivity index (χ2n) is 1.92. The summed E-state index contributed by atoms with van der Waals surface area (Å²) < 4.78 is 0. The van der Waals surface area contributed by atoms with Gasteiger partial charge in [-0.15, -0.1) is 0 Å². The Balaban J connectivity index is 2.56. The van der Waals surface area contributed by atoms with Crippen molar-refractivity contribution < 1.29 is 4.79 Å². The largest absolute Gasteiger partial charge is 0.348 e. The summed E-state index contributed by atoms with van der Waals surface area (Å²) in [6.07, 6.45) is 4.84. The summed E-state index contributed by atoms with van der Waals surface area (Å²) in [7, 11) is 0. The molecule has 0 saturated heterocycles. The van der Waals surface area contributed by atoms with Gasteiger partial charge in [0.05, 0.1) is 12.7 Å². The van der Waals surface area contributed by atoms with E-state index in [0.717, 1.165) is 5.69 Å². The number of H-pyrrole nitrogens is 1. The highest BCUT2D eigenvalue weighted by molar-refractivity contribution is 5.90.